The number of benzene rings is 1. The van der Waals surface area contributed by atoms with Gasteiger partial charge in [0.25, 0.3) is 5.91 Å². The van der Waals surface area contributed by atoms with Crippen molar-refractivity contribution in [1.82, 2.24) is 15.1 Å². The molecule has 0 radical (unpaired) electrons. The topological polar surface area (TPSA) is 104 Å². The van der Waals surface area contributed by atoms with Crippen LogP contribution >= 0.6 is 11.3 Å². The average molecular weight is 326 g/mol. The molecule has 23 heavy (non-hydrogen) atoms. The number of nitrogens with one attached hydrogen (secondary N) is 3. The van der Waals surface area contributed by atoms with Gasteiger partial charge in [-0.2, -0.15) is 0 Å². The predicted octanol–water partition coefficient (Wildman–Crippen LogP) is 2.83. The minimum Gasteiger partial charge on any atom is -0.355 e. The number of imidazole rings is 1. The van der Waals surface area contributed by atoms with Gasteiger partial charge in [0.2, 0.25) is 0 Å². The van der Waals surface area contributed by atoms with Gasteiger partial charge in [0.15, 0.2) is 11.5 Å². The third-order valence-electron chi connectivity index (χ3n) is 3.28. The molecule has 1 amide bonds. The van der Waals surface area contributed by atoms with Crippen LogP contribution in [-0.4, -0.2) is 21.0 Å². The SMILES string of the molecule is O=C(Nc1ccc2[nH]c(=O)[nH]c2c1)c1cc(-c2cccs2)on1. The van der Waals surface area contributed by atoms with E-state index in [-0.39, 0.29) is 17.3 Å². The van der Waals surface area contributed by atoms with Crippen LogP contribution in [0.5, 0.6) is 0 Å². The maximum absolute atomic E-state index is 12.2. The molecular formula is C15H10N4O3S. The molecule has 4 aromatic rings. The maximum atomic E-state index is 12.2. The molecule has 3 aromatic heterocycles. The lowest BCUT2D eigenvalue weighted by Crippen LogP contribution is -2.12. The number of aromatic nitrogens is 3. The molecule has 0 saturated carbocycles. The number of nitrogens with zero attached hydrogens (tertiary/aromatic N) is 1. The molecular weight excluding hydrogens is 316 g/mol. The van der Waals surface area contributed by atoms with Crippen molar-refractivity contribution in [2.45, 2.75) is 0 Å². The molecule has 1 aromatic carbocycles. The minimum atomic E-state index is -0.381. The quantitative estimate of drug-likeness (QED) is 0.538. The second-order valence-corrected chi connectivity index (χ2v) is 5.80. The van der Waals surface area contributed by atoms with Crippen LogP contribution in [0.3, 0.4) is 0 Å². The van der Waals surface area contributed by atoms with Gasteiger partial charge in [-0.3, -0.25) is 4.79 Å². The van der Waals surface area contributed by atoms with Crippen LogP contribution in [0.25, 0.3) is 21.7 Å². The van der Waals surface area contributed by atoms with E-state index in [2.05, 4.69) is 20.4 Å². The largest absolute Gasteiger partial charge is 0.355 e. The normalized spacial score (nSPS) is 11.0. The zero-order valence-electron chi connectivity index (χ0n) is 11.6. The number of rotatable bonds is 3. The van der Waals surface area contributed by atoms with E-state index in [0.717, 1.165) is 4.88 Å². The maximum Gasteiger partial charge on any atom is 0.323 e. The summed E-state index contributed by atoms with van der Waals surface area (Å²) in [6.07, 6.45) is 0. The van der Waals surface area contributed by atoms with Crippen LogP contribution in [0.4, 0.5) is 5.69 Å². The summed E-state index contributed by atoms with van der Waals surface area (Å²) in [6, 6.07) is 10.5. The van der Waals surface area contributed by atoms with Crippen molar-refractivity contribution in [3.8, 4) is 10.6 Å². The van der Waals surface area contributed by atoms with Crippen molar-refractivity contribution in [3.63, 3.8) is 0 Å². The lowest BCUT2D eigenvalue weighted by molar-refractivity contribution is 0.101. The molecule has 3 N–H and O–H groups in total. The van der Waals surface area contributed by atoms with Gasteiger partial charge in [-0.25, -0.2) is 4.79 Å². The van der Waals surface area contributed by atoms with Crippen molar-refractivity contribution < 1.29 is 9.32 Å². The van der Waals surface area contributed by atoms with E-state index >= 15 is 0 Å². The highest BCUT2D eigenvalue weighted by Gasteiger charge is 2.14. The third kappa shape index (κ3) is 2.55. The first kappa shape index (κ1) is 13.5. The molecule has 0 atom stereocenters. The number of anilines is 1. The molecule has 4 rings (SSSR count). The molecule has 0 spiro atoms. The molecule has 0 aliphatic carbocycles. The zero-order valence-corrected chi connectivity index (χ0v) is 12.4. The Morgan fingerprint density at radius 3 is 2.87 bits per heavy atom. The molecule has 0 unspecified atom stereocenters. The van der Waals surface area contributed by atoms with Crippen molar-refractivity contribution in [3.05, 3.63) is 58.0 Å². The third-order valence-corrected chi connectivity index (χ3v) is 4.17. The van der Waals surface area contributed by atoms with Crippen molar-refractivity contribution in [2.75, 3.05) is 5.32 Å². The number of carbonyl (C=O) groups excluding carboxylic acids is 1. The Balaban J connectivity index is 1.57. The van der Waals surface area contributed by atoms with Gasteiger partial charge >= 0.3 is 5.69 Å². The number of fused-ring (bicyclic) bond motifs is 1. The van der Waals surface area contributed by atoms with Gasteiger partial charge in [-0.05, 0) is 29.6 Å². The first-order valence-corrected chi connectivity index (χ1v) is 7.61. The van der Waals surface area contributed by atoms with Crippen molar-refractivity contribution in [1.29, 1.82) is 0 Å². The summed E-state index contributed by atoms with van der Waals surface area (Å²) in [5.41, 5.74) is 1.75. The van der Waals surface area contributed by atoms with E-state index in [1.165, 1.54) is 11.3 Å². The predicted molar refractivity (Wildman–Crippen MR) is 86.7 cm³/mol. The van der Waals surface area contributed by atoms with Gasteiger partial charge in [0.1, 0.15) is 0 Å². The van der Waals surface area contributed by atoms with E-state index < -0.39 is 0 Å². The lowest BCUT2D eigenvalue weighted by atomic mass is 10.2. The number of aromatic amines is 2. The summed E-state index contributed by atoms with van der Waals surface area (Å²) in [6.45, 7) is 0. The van der Waals surface area contributed by atoms with Crippen LogP contribution in [0.2, 0.25) is 0 Å². The van der Waals surface area contributed by atoms with Gasteiger partial charge < -0.3 is 19.8 Å². The van der Waals surface area contributed by atoms with Crippen LogP contribution in [0.1, 0.15) is 10.5 Å². The highest BCUT2D eigenvalue weighted by atomic mass is 32.1. The number of amides is 1. The Bertz CT molecular complexity index is 1040. The molecule has 0 saturated heterocycles. The number of H-pyrrole nitrogens is 2. The Morgan fingerprint density at radius 1 is 1.17 bits per heavy atom. The molecule has 7 nitrogen and oxygen atoms in total. The first-order chi connectivity index (χ1) is 11.2. The Labute approximate surface area is 132 Å². The number of thiophene rings is 1. The standard InChI is InChI=1S/C15H10N4O3S/c20-14(11-7-12(22-19-11)13-2-1-5-23-13)16-8-3-4-9-10(6-8)18-15(21)17-9/h1-7H,(H,16,20)(H2,17,18,21). The smallest absolute Gasteiger partial charge is 0.323 e. The van der Waals surface area contributed by atoms with E-state index in [0.29, 0.717) is 22.5 Å². The van der Waals surface area contributed by atoms with E-state index in [4.69, 9.17) is 4.52 Å². The fraction of sp³-hybridized carbons (Fsp3) is 0. The molecule has 0 fully saturated rings. The van der Waals surface area contributed by atoms with E-state index in [9.17, 15) is 9.59 Å². The highest BCUT2D eigenvalue weighted by Crippen LogP contribution is 2.25. The zero-order chi connectivity index (χ0) is 15.8. The Morgan fingerprint density at radius 2 is 2.04 bits per heavy atom. The molecule has 0 aliphatic rings. The number of carbonyl (C=O) groups is 1. The Kier molecular flexibility index (Phi) is 3.09. The molecule has 114 valence electrons. The number of hydrogen-bond donors (Lipinski definition) is 3. The average Bonchev–Trinajstić information content (AvgIpc) is 3.26. The van der Waals surface area contributed by atoms with Crippen LogP contribution < -0.4 is 11.0 Å². The summed E-state index contributed by atoms with van der Waals surface area (Å²) in [5.74, 6) is 0.171. The monoisotopic (exact) mass is 326 g/mol. The summed E-state index contributed by atoms with van der Waals surface area (Å²) in [5, 5.41) is 8.44. The van der Waals surface area contributed by atoms with Gasteiger partial charge in [-0.1, -0.05) is 11.2 Å². The molecule has 8 heteroatoms. The minimum absolute atomic E-state index is 0.191. The second kappa shape index (κ2) is 5.25. The highest BCUT2D eigenvalue weighted by molar-refractivity contribution is 7.13. The first-order valence-electron chi connectivity index (χ1n) is 6.73. The summed E-state index contributed by atoms with van der Waals surface area (Å²) >= 11 is 1.51. The van der Waals surface area contributed by atoms with Crippen LogP contribution in [0.15, 0.2) is 51.1 Å². The van der Waals surface area contributed by atoms with Crippen LogP contribution in [0, 0.1) is 0 Å². The summed E-state index contributed by atoms with van der Waals surface area (Å²) in [7, 11) is 0. The summed E-state index contributed by atoms with van der Waals surface area (Å²) < 4.78 is 5.19. The van der Waals surface area contributed by atoms with Gasteiger partial charge in [-0.15, -0.1) is 11.3 Å². The molecule has 0 aliphatic heterocycles. The Hall–Kier alpha value is -3.13. The van der Waals surface area contributed by atoms with Gasteiger partial charge in [0.05, 0.1) is 15.9 Å². The fourth-order valence-corrected chi connectivity index (χ4v) is 2.90. The van der Waals surface area contributed by atoms with Crippen molar-refractivity contribution >= 4 is 34.0 Å². The number of hydrogen-bond acceptors (Lipinski definition) is 5. The molecule has 3 heterocycles. The van der Waals surface area contributed by atoms with E-state index in [1.54, 1.807) is 24.3 Å². The van der Waals surface area contributed by atoms with Gasteiger partial charge in [0, 0.05) is 11.8 Å². The lowest BCUT2D eigenvalue weighted by Gasteiger charge is -2.02. The summed E-state index contributed by atoms with van der Waals surface area (Å²) in [4.78, 5) is 29.7. The van der Waals surface area contributed by atoms with Crippen LogP contribution in [-0.2, 0) is 0 Å². The van der Waals surface area contributed by atoms with E-state index in [1.807, 2.05) is 17.5 Å². The fourth-order valence-electron chi connectivity index (χ4n) is 2.22. The molecule has 0 bridgehead atoms. The second-order valence-electron chi connectivity index (χ2n) is 4.85. The van der Waals surface area contributed by atoms with Crippen molar-refractivity contribution in [2.24, 2.45) is 0 Å².